The summed E-state index contributed by atoms with van der Waals surface area (Å²) >= 11 is 0. The van der Waals surface area contributed by atoms with Crippen LogP contribution in [0.3, 0.4) is 0 Å². The molecule has 0 unspecified atom stereocenters. The van der Waals surface area contributed by atoms with Gasteiger partial charge in [-0.1, -0.05) is 60.7 Å². The third-order valence-electron chi connectivity index (χ3n) is 4.72. The molecule has 4 N–H and O–H groups in total. The van der Waals surface area contributed by atoms with E-state index in [9.17, 15) is 14.4 Å². The first-order valence-corrected chi connectivity index (χ1v) is 10.2. The number of nitrogens with two attached hydrogens (primary N) is 1. The molecule has 0 heterocycles. The second-order valence-electron chi connectivity index (χ2n) is 7.13. The number of hydrogen-bond donors (Lipinski definition) is 3. The molecule has 8 heteroatoms. The van der Waals surface area contributed by atoms with Gasteiger partial charge in [0.15, 0.2) is 0 Å². The van der Waals surface area contributed by atoms with Gasteiger partial charge < -0.3 is 25.8 Å². The molecule has 166 valence electrons. The molecule has 3 rings (SSSR count). The number of benzene rings is 3. The molecular formula is C24H25N3O5. The molecule has 0 aliphatic rings. The van der Waals surface area contributed by atoms with E-state index in [0.717, 1.165) is 16.3 Å². The average Bonchev–Trinajstić information content (AvgIpc) is 2.80. The normalized spacial score (nSPS) is 11.4. The third-order valence-corrected chi connectivity index (χ3v) is 4.72. The van der Waals surface area contributed by atoms with Crippen molar-refractivity contribution in [1.82, 2.24) is 10.6 Å². The molecule has 0 fully saturated rings. The molecule has 3 amide bonds. The average molecular weight is 435 g/mol. The number of alkyl carbamates (subject to hydrolysis) is 1. The summed E-state index contributed by atoms with van der Waals surface area (Å²) in [5.74, 6) is -0.334. The van der Waals surface area contributed by atoms with Gasteiger partial charge in [-0.05, 0) is 41.3 Å². The number of primary amides is 1. The van der Waals surface area contributed by atoms with Crippen molar-refractivity contribution in [3.05, 3.63) is 78.4 Å². The third kappa shape index (κ3) is 7.02. The van der Waals surface area contributed by atoms with Crippen molar-refractivity contribution in [2.75, 3.05) is 6.54 Å². The van der Waals surface area contributed by atoms with Gasteiger partial charge in [0.05, 0.1) is 0 Å². The van der Waals surface area contributed by atoms with Crippen molar-refractivity contribution in [1.29, 1.82) is 0 Å². The van der Waals surface area contributed by atoms with Crippen LogP contribution in [0.2, 0.25) is 0 Å². The van der Waals surface area contributed by atoms with Crippen LogP contribution in [0.15, 0.2) is 72.8 Å². The highest BCUT2D eigenvalue weighted by molar-refractivity contribution is 5.86. The van der Waals surface area contributed by atoms with E-state index in [0.29, 0.717) is 12.2 Å². The Labute approximate surface area is 185 Å². The second-order valence-corrected chi connectivity index (χ2v) is 7.13. The highest BCUT2D eigenvalue weighted by Crippen LogP contribution is 2.20. The van der Waals surface area contributed by atoms with Crippen molar-refractivity contribution in [2.24, 2.45) is 5.73 Å². The summed E-state index contributed by atoms with van der Waals surface area (Å²) in [7, 11) is 0. The maximum absolute atomic E-state index is 12.2. The number of rotatable bonds is 9. The summed E-state index contributed by atoms with van der Waals surface area (Å²) in [6.07, 6.45) is -0.696. The summed E-state index contributed by atoms with van der Waals surface area (Å²) in [4.78, 5) is 35.6. The minimum absolute atomic E-state index is 0.165. The lowest BCUT2D eigenvalue weighted by Crippen LogP contribution is -2.45. The quantitative estimate of drug-likeness (QED) is 0.445. The molecule has 0 aliphatic heterocycles. The number of ether oxygens (including phenoxy) is 2. The Hall–Kier alpha value is -4.07. The van der Waals surface area contributed by atoms with Crippen molar-refractivity contribution >= 4 is 28.9 Å². The minimum Gasteiger partial charge on any atom is -0.445 e. The molecule has 0 spiro atoms. The fourth-order valence-electron chi connectivity index (χ4n) is 3.07. The largest absolute Gasteiger partial charge is 0.445 e. The van der Waals surface area contributed by atoms with Crippen molar-refractivity contribution in [3.8, 4) is 5.75 Å². The monoisotopic (exact) mass is 435 g/mol. The van der Waals surface area contributed by atoms with Gasteiger partial charge in [0.2, 0.25) is 5.91 Å². The lowest BCUT2D eigenvalue weighted by Gasteiger charge is -2.15. The van der Waals surface area contributed by atoms with Crippen LogP contribution in [0, 0.1) is 0 Å². The molecule has 0 aliphatic carbocycles. The lowest BCUT2D eigenvalue weighted by atomic mass is 10.1. The van der Waals surface area contributed by atoms with Crippen LogP contribution in [0.5, 0.6) is 5.75 Å². The van der Waals surface area contributed by atoms with Crippen LogP contribution in [-0.2, 0) is 16.1 Å². The molecule has 3 aromatic carbocycles. The van der Waals surface area contributed by atoms with Crippen molar-refractivity contribution in [2.45, 2.75) is 25.5 Å². The van der Waals surface area contributed by atoms with E-state index in [2.05, 4.69) is 10.6 Å². The van der Waals surface area contributed by atoms with Gasteiger partial charge in [-0.25, -0.2) is 9.59 Å². The van der Waals surface area contributed by atoms with Crippen molar-refractivity contribution in [3.63, 3.8) is 0 Å². The van der Waals surface area contributed by atoms with E-state index in [1.807, 2.05) is 60.7 Å². The van der Waals surface area contributed by atoms with Gasteiger partial charge in [-0.15, -0.1) is 0 Å². The Morgan fingerprint density at radius 3 is 2.34 bits per heavy atom. The van der Waals surface area contributed by atoms with E-state index in [1.54, 1.807) is 12.1 Å². The molecule has 0 radical (unpaired) electrons. The molecule has 0 aromatic heterocycles. The highest BCUT2D eigenvalue weighted by atomic mass is 16.6. The summed E-state index contributed by atoms with van der Waals surface area (Å²) in [5, 5.41) is 7.01. The smallest absolute Gasteiger partial charge is 0.413 e. The van der Waals surface area contributed by atoms with Gasteiger partial charge in [-0.3, -0.25) is 4.79 Å². The lowest BCUT2D eigenvalue weighted by molar-refractivity contribution is -0.120. The van der Waals surface area contributed by atoms with E-state index < -0.39 is 24.1 Å². The van der Waals surface area contributed by atoms with Crippen LogP contribution < -0.4 is 21.1 Å². The van der Waals surface area contributed by atoms with Crippen LogP contribution in [0.1, 0.15) is 18.4 Å². The molecule has 0 saturated carbocycles. The van der Waals surface area contributed by atoms with Gasteiger partial charge in [-0.2, -0.15) is 0 Å². The Morgan fingerprint density at radius 1 is 0.875 bits per heavy atom. The minimum atomic E-state index is -0.926. The number of hydrogen-bond acceptors (Lipinski definition) is 5. The molecule has 1 atom stereocenters. The van der Waals surface area contributed by atoms with Crippen LogP contribution in [0.25, 0.3) is 10.8 Å². The van der Waals surface area contributed by atoms with Gasteiger partial charge in [0.25, 0.3) is 0 Å². The van der Waals surface area contributed by atoms with Crippen LogP contribution in [0.4, 0.5) is 9.59 Å². The predicted octanol–water partition coefficient (Wildman–Crippen LogP) is 3.49. The SMILES string of the molecule is NC(=O)[C@H](CCCNC(=O)OCc1ccccc1)NC(=O)Oc1ccc2ccccc2c1. The van der Waals surface area contributed by atoms with E-state index in [1.165, 1.54) is 0 Å². The Kier molecular flexibility index (Phi) is 8.02. The summed E-state index contributed by atoms with van der Waals surface area (Å²) in [6.45, 7) is 0.428. The summed E-state index contributed by atoms with van der Waals surface area (Å²) < 4.78 is 10.4. The Balaban J connectivity index is 1.40. The maximum Gasteiger partial charge on any atom is 0.413 e. The molecule has 8 nitrogen and oxygen atoms in total. The molecule has 32 heavy (non-hydrogen) atoms. The zero-order valence-corrected chi connectivity index (χ0v) is 17.5. The second kappa shape index (κ2) is 11.4. The maximum atomic E-state index is 12.2. The van der Waals surface area contributed by atoms with E-state index in [4.69, 9.17) is 15.2 Å². The fraction of sp³-hybridized carbons (Fsp3) is 0.208. The number of carbonyl (C=O) groups excluding carboxylic acids is 3. The molecular weight excluding hydrogens is 410 g/mol. The van der Waals surface area contributed by atoms with E-state index >= 15 is 0 Å². The summed E-state index contributed by atoms with van der Waals surface area (Å²) in [6, 6.07) is 21.3. The Morgan fingerprint density at radius 2 is 1.59 bits per heavy atom. The standard InChI is InChI=1S/C24H25N3O5/c25-22(28)21(11-6-14-26-23(29)31-16-17-7-2-1-3-8-17)27-24(30)32-20-13-12-18-9-4-5-10-19(18)15-20/h1-5,7-10,12-13,15,21H,6,11,14,16H2,(H2,25,28)(H,26,29)(H,27,30)/t21-/m0/s1. The van der Waals surface area contributed by atoms with Crippen molar-refractivity contribution < 1.29 is 23.9 Å². The highest BCUT2D eigenvalue weighted by Gasteiger charge is 2.19. The molecule has 0 bridgehead atoms. The van der Waals surface area contributed by atoms with E-state index in [-0.39, 0.29) is 19.6 Å². The number of amides is 3. The zero-order valence-electron chi connectivity index (χ0n) is 17.5. The van der Waals surface area contributed by atoms with Crippen LogP contribution >= 0.6 is 0 Å². The number of nitrogens with one attached hydrogen (secondary N) is 2. The van der Waals surface area contributed by atoms with Gasteiger partial charge >= 0.3 is 12.2 Å². The van der Waals surface area contributed by atoms with Gasteiger partial charge in [0.1, 0.15) is 18.4 Å². The fourth-order valence-corrected chi connectivity index (χ4v) is 3.07. The molecule has 3 aromatic rings. The first kappa shape index (κ1) is 22.6. The Bertz CT molecular complexity index is 1070. The first-order valence-electron chi connectivity index (χ1n) is 10.2. The predicted molar refractivity (Wildman–Crippen MR) is 120 cm³/mol. The number of fused-ring (bicyclic) bond motifs is 1. The van der Waals surface area contributed by atoms with Gasteiger partial charge in [0, 0.05) is 6.54 Å². The summed E-state index contributed by atoms with van der Waals surface area (Å²) in [5.41, 5.74) is 6.27. The van der Waals surface area contributed by atoms with Crippen LogP contribution in [-0.4, -0.2) is 30.7 Å². The molecule has 0 saturated heterocycles. The zero-order chi connectivity index (χ0) is 22.8. The number of carbonyl (C=O) groups is 3. The first-order chi connectivity index (χ1) is 15.5. The topological polar surface area (TPSA) is 120 Å².